The summed E-state index contributed by atoms with van der Waals surface area (Å²) in [6.07, 6.45) is -0.714. The number of fused-ring (bicyclic) bond motifs is 2. The van der Waals surface area contributed by atoms with Crippen molar-refractivity contribution >= 4 is 38.6 Å². The predicted molar refractivity (Wildman–Crippen MR) is 162 cm³/mol. The molecule has 43 heavy (non-hydrogen) atoms. The van der Waals surface area contributed by atoms with Gasteiger partial charge in [0, 0.05) is 18.0 Å². The van der Waals surface area contributed by atoms with Crippen molar-refractivity contribution in [3.8, 4) is 5.69 Å². The van der Waals surface area contributed by atoms with E-state index in [1.54, 1.807) is 40.8 Å². The van der Waals surface area contributed by atoms with E-state index in [4.69, 9.17) is 30.8 Å². The molecule has 0 amide bonds. The normalized spacial score (nSPS) is 26.0. The number of hydrazine groups is 1. The molecule has 0 radical (unpaired) electrons. The van der Waals surface area contributed by atoms with E-state index in [9.17, 15) is 5.11 Å². The Bertz CT molecular complexity index is 1760. The molecule has 2 saturated heterocycles. The number of aliphatic hydroxyl groups excluding tert-OH is 1. The van der Waals surface area contributed by atoms with Crippen LogP contribution in [0.5, 0.6) is 0 Å². The number of hydrogen-bond donors (Lipinski definition) is 3. The van der Waals surface area contributed by atoms with Crippen LogP contribution in [0.2, 0.25) is 0 Å². The molecular weight excluding hydrogens is 589 g/mol. The first-order valence-electron chi connectivity index (χ1n) is 13.7. The molecule has 0 bridgehead atoms. The van der Waals surface area contributed by atoms with Crippen molar-refractivity contribution < 1.29 is 19.3 Å². The lowest BCUT2D eigenvalue weighted by Gasteiger charge is -2.50. The Kier molecular flexibility index (Phi) is 7.43. The van der Waals surface area contributed by atoms with Crippen molar-refractivity contribution in [3.63, 3.8) is 0 Å². The molecule has 6 unspecified atom stereocenters. The van der Waals surface area contributed by atoms with E-state index in [-0.39, 0.29) is 6.61 Å². The first-order valence-corrected chi connectivity index (χ1v) is 15.4. The molecule has 2 aromatic carbocycles. The third-order valence-electron chi connectivity index (χ3n) is 7.51. The molecule has 2 aliphatic heterocycles. The second kappa shape index (κ2) is 11.4. The summed E-state index contributed by atoms with van der Waals surface area (Å²) in [6.45, 7) is 3.99. The summed E-state index contributed by atoms with van der Waals surface area (Å²) in [4.78, 5) is 14.1. The summed E-state index contributed by atoms with van der Waals surface area (Å²) in [5, 5.41) is 19.1. The standard InChI is InChI=1S/C29H30N8O4S2/c1-15-33-28(37(35-15)18-8-9-20-22(10-18)43-16(2)34-20)27-25(38)24(36(31)12-19(30)23-11-32-14-42-23)26-21(40-27)13-39-29(41-26)17-6-4-3-5-7-17/h3-12,14,21,24-27,29,38H,13,30-31H2,1-2H3/b19-12-. The Morgan fingerprint density at radius 1 is 1.14 bits per heavy atom. The monoisotopic (exact) mass is 618 g/mol. The van der Waals surface area contributed by atoms with Gasteiger partial charge in [-0.3, -0.25) is 4.98 Å². The molecule has 5 aromatic rings. The zero-order valence-electron chi connectivity index (χ0n) is 23.3. The molecule has 3 aromatic heterocycles. The Hall–Kier alpha value is -3.76. The molecule has 0 aliphatic carbocycles. The van der Waals surface area contributed by atoms with Gasteiger partial charge in [-0.25, -0.2) is 20.5 Å². The highest BCUT2D eigenvalue weighted by Crippen LogP contribution is 2.41. The number of rotatable bonds is 6. The summed E-state index contributed by atoms with van der Waals surface area (Å²) in [5.74, 6) is 7.64. The smallest absolute Gasteiger partial charge is 0.184 e. The average molecular weight is 619 g/mol. The van der Waals surface area contributed by atoms with Crippen LogP contribution in [0.15, 0.2) is 66.4 Å². The summed E-state index contributed by atoms with van der Waals surface area (Å²) >= 11 is 2.99. The van der Waals surface area contributed by atoms with Gasteiger partial charge in [-0.05, 0) is 32.0 Å². The molecule has 6 atom stereocenters. The van der Waals surface area contributed by atoms with E-state index in [1.165, 1.54) is 16.3 Å². The predicted octanol–water partition coefficient (Wildman–Crippen LogP) is 3.37. The van der Waals surface area contributed by atoms with Crippen LogP contribution in [-0.4, -0.2) is 65.8 Å². The molecule has 5 heterocycles. The summed E-state index contributed by atoms with van der Waals surface area (Å²) in [6, 6.07) is 14.7. The molecule has 7 rings (SSSR count). The van der Waals surface area contributed by atoms with Gasteiger partial charge in [-0.15, -0.1) is 22.7 Å². The second-order valence-electron chi connectivity index (χ2n) is 10.5. The highest BCUT2D eigenvalue weighted by molar-refractivity contribution is 7.18. The van der Waals surface area contributed by atoms with Gasteiger partial charge >= 0.3 is 0 Å². The number of hydrogen-bond acceptors (Lipinski definition) is 13. The lowest BCUT2D eigenvalue weighted by molar-refractivity contribution is -0.320. The van der Waals surface area contributed by atoms with Crippen LogP contribution in [0.4, 0.5) is 0 Å². The van der Waals surface area contributed by atoms with E-state index in [0.29, 0.717) is 17.3 Å². The summed E-state index contributed by atoms with van der Waals surface area (Å²) in [5.41, 5.74) is 11.0. The Labute approximate surface area is 255 Å². The number of aromatic nitrogens is 5. The first-order chi connectivity index (χ1) is 20.9. The van der Waals surface area contributed by atoms with E-state index in [2.05, 4.69) is 15.1 Å². The average Bonchev–Trinajstić information content (AvgIpc) is 3.76. The number of nitrogens with two attached hydrogens (primary N) is 2. The fourth-order valence-corrected chi connectivity index (χ4v) is 6.99. The number of ether oxygens (including phenoxy) is 3. The number of benzene rings is 2. The lowest BCUT2D eigenvalue weighted by Crippen LogP contribution is -2.65. The Morgan fingerprint density at radius 2 is 1.98 bits per heavy atom. The van der Waals surface area contributed by atoms with Gasteiger partial charge < -0.3 is 30.1 Å². The van der Waals surface area contributed by atoms with Crippen molar-refractivity contribution in [3.05, 3.63) is 93.5 Å². The minimum Gasteiger partial charge on any atom is -0.396 e. The SMILES string of the molecule is Cc1nc(C2OC3COC(c4ccccc4)OC3C(N(N)/C=C(\N)c3cncs3)C2O)n(-c2ccc3nc(C)sc3c2)n1. The van der Waals surface area contributed by atoms with Crippen molar-refractivity contribution in [2.24, 2.45) is 11.6 Å². The van der Waals surface area contributed by atoms with Crippen molar-refractivity contribution in [2.45, 2.75) is 50.6 Å². The molecule has 12 nitrogen and oxygen atoms in total. The summed E-state index contributed by atoms with van der Waals surface area (Å²) in [7, 11) is 0. The minimum absolute atomic E-state index is 0.213. The van der Waals surface area contributed by atoms with Crippen molar-refractivity contribution in [1.82, 2.24) is 29.7 Å². The molecule has 2 fully saturated rings. The molecule has 222 valence electrons. The van der Waals surface area contributed by atoms with Crippen LogP contribution in [-0.2, 0) is 14.2 Å². The van der Waals surface area contributed by atoms with Crippen molar-refractivity contribution in [1.29, 1.82) is 0 Å². The molecule has 2 aliphatic rings. The van der Waals surface area contributed by atoms with Crippen LogP contribution in [0, 0.1) is 13.8 Å². The van der Waals surface area contributed by atoms with E-state index < -0.39 is 36.7 Å². The van der Waals surface area contributed by atoms with Crippen LogP contribution >= 0.6 is 22.7 Å². The van der Waals surface area contributed by atoms with Crippen LogP contribution in [0.3, 0.4) is 0 Å². The fourth-order valence-electron chi connectivity index (χ4n) is 5.59. The molecule has 14 heteroatoms. The molecule has 0 saturated carbocycles. The van der Waals surface area contributed by atoms with Gasteiger partial charge in [0.15, 0.2) is 12.1 Å². The zero-order valence-corrected chi connectivity index (χ0v) is 25.0. The second-order valence-corrected chi connectivity index (χ2v) is 12.6. The first kappa shape index (κ1) is 28.0. The molecular formula is C29H30N8O4S2. The number of aliphatic hydroxyl groups is 1. The maximum atomic E-state index is 12.0. The van der Waals surface area contributed by atoms with Gasteiger partial charge in [0.05, 0.1) is 43.6 Å². The quantitative estimate of drug-likeness (QED) is 0.189. The number of thiazole rings is 2. The number of nitrogens with zero attached hydrogens (tertiary/aromatic N) is 6. The fraction of sp³-hybridized carbons (Fsp3) is 0.310. The summed E-state index contributed by atoms with van der Waals surface area (Å²) < 4.78 is 21.8. The van der Waals surface area contributed by atoms with E-state index in [1.807, 2.05) is 55.5 Å². The Balaban J connectivity index is 1.26. The maximum absolute atomic E-state index is 12.0. The van der Waals surface area contributed by atoms with E-state index >= 15 is 0 Å². The highest BCUT2D eigenvalue weighted by atomic mass is 32.1. The van der Waals surface area contributed by atoms with Gasteiger partial charge in [-0.2, -0.15) is 5.10 Å². The van der Waals surface area contributed by atoms with Gasteiger partial charge in [-0.1, -0.05) is 30.3 Å². The molecule has 0 spiro atoms. The third-order valence-corrected chi connectivity index (χ3v) is 9.27. The lowest BCUT2D eigenvalue weighted by atomic mass is 9.90. The largest absolute Gasteiger partial charge is 0.396 e. The van der Waals surface area contributed by atoms with Gasteiger partial charge in [0.25, 0.3) is 0 Å². The van der Waals surface area contributed by atoms with Gasteiger partial charge in [0.2, 0.25) is 0 Å². The minimum atomic E-state index is -1.18. The third kappa shape index (κ3) is 5.31. The number of aryl methyl sites for hydroxylation is 2. The van der Waals surface area contributed by atoms with Crippen molar-refractivity contribution in [2.75, 3.05) is 6.61 Å². The zero-order chi connectivity index (χ0) is 29.7. The highest BCUT2D eigenvalue weighted by Gasteiger charge is 2.52. The Morgan fingerprint density at radius 3 is 2.77 bits per heavy atom. The maximum Gasteiger partial charge on any atom is 0.184 e. The molecule has 5 N–H and O–H groups in total. The van der Waals surface area contributed by atoms with Gasteiger partial charge in [0.1, 0.15) is 36.3 Å². The van der Waals surface area contributed by atoms with Crippen LogP contribution in [0.1, 0.15) is 39.5 Å². The van der Waals surface area contributed by atoms with E-state index in [0.717, 1.165) is 31.4 Å². The van der Waals surface area contributed by atoms with Crippen LogP contribution < -0.4 is 11.6 Å². The van der Waals surface area contributed by atoms with Crippen LogP contribution in [0.25, 0.3) is 21.6 Å². The topological polar surface area (TPSA) is 160 Å².